The summed E-state index contributed by atoms with van der Waals surface area (Å²) in [5.74, 6) is 0.232. The first-order chi connectivity index (χ1) is 16.8. The van der Waals surface area contributed by atoms with E-state index < -0.39 is 10.2 Å². The van der Waals surface area contributed by atoms with Crippen LogP contribution in [0.15, 0.2) is 0 Å². The van der Waals surface area contributed by atoms with Crippen molar-refractivity contribution in [1.29, 1.82) is 5.26 Å². The Kier molecular flexibility index (Phi) is 7.66. The minimum atomic E-state index is -3.36. The molecule has 0 bridgehead atoms. The summed E-state index contributed by atoms with van der Waals surface area (Å²) in [5, 5.41) is 19.8. The highest BCUT2D eigenvalue weighted by molar-refractivity contribution is 8.00. The van der Waals surface area contributed by atoms with Gasteiger partial charge in [0.1, 0.15) is 5.50 Å². The van der Waals surface area contributed by atoms with Crippen molar-refractivity contribution >= 4 is 27.9 Å². The number of hydrogen-bond acceptors (Lipinski definition) is 8. The average molecular weight is 527 g/mol. The molecule has 4 aliphatic heterocycles. The maximum absolute atomic E-state index is 13.5. The number of thioether (sulfide) groups is 1. The van der Waals surface area contributed by atoms with Gasteiger partial charge in [0.25, 0.3) is 10.2 Å². The van der Waals surface area contributed by atoms with Gasteiger partial charge < -0.3 is 15.4 Å². The highest BCUT2D eigenvalue weighted by Crippen LogP contribution is 2.42. The van der Waals surface area contributed by atoms with Crippen LogP contribution in [0.1, 0.15) is 39.0 Å². The molecule has 4 saturated heterocycles. The molecule has 35 heavy (non-hydrogen) atoms. The molecule has 9 unspecified atom stereocenters. The van der Waals surface area contributed by atoms with Crippen molar-refractivity contribution in [3.63, 3.8) is 0 Å². The molecule has 196 valence electrons. The summed E-state index contributed by atoms with van der Waals surface area (Å²) in [7, 11) is -1.61. The van der Waals surface area contributed by atoms with E-state index in [0.29, 0.717) is 38.8 Å². The third-order valence-electron chi connectivity index (χ3n) is 8.68. The zero-order chi connectivity index (χ0) is 24.7. The first-order valence-corrected chi connectivity index (χ1v) is 15.3. The lowest BCUT2D eigenvalue weighted by atomic mass is 9.66. The smallest absolute Gasteiger partial charge is 0.282 e. The Morgan fingerprint density at radius 1 is 1.17 bits per heavy atom. The van der Waals surface area contributed by atoms with Crippen LogP contribution in [0.25, 0.3) is 0 Å². The molecule has 0 aromatic heterocycles. The Hall–Kier alpha value is -0.940. The quantitative estimate of drug-likeness (QED) is 0.451. The molecule has 4 heterocycles. The molecule has 5 rings (SSSR count). The lowest BCUT2D eigenvalue weighted by molar-refractivity contribution is -0.131. The standard InChI is InChI=1S/C23H38N6O4S2/c1-14-8-16(17-9-15(10-24)4-5-20(17)33-2)18(11-25-14)22(30)27-23-26-19-12-29(13-21(19)34-23)35(31,32)28-6-3-7-28/h14-21,23,25-26H,3-9,11-13H2,1-2H3,(H,27,30). The molecule has 0 aromatic carbocycles. The molecular weight excluding hydrogens is 488 g/mol. The number of nitrogens with zero attached hydrogens (tertiary/aromatic N) is 3. The van der Waals surface area contributed by atoms with Crippen molar-refractivity contribution in [2.75, 3.05) is 39.8 Å². The van der Waals surface area contributed by atoms with Crippen LogP contribution in [0.2, 0.25) is 0 Å². The van der Waals surface area contributed by atoms with Crippen LogP contribution in [0.5, 0.6) is 0 Å². The average Bonchev–Trinajstić information content (AvgIpc) is 3.36. The Morgan fingerprint density at radius 2 is 1.97 bits per heavy atom. The SMILES string of the molecule is COC1CCC(C#N)CC1C1CC(C)NCC1C(=O)NC1NC2CN(S(=O)(=O)N3CCC3)CC2S1. The Balaban J connectivity index is 1.20. The second-order valence-corrected chi connectivity index (χ2v) is 14.1. The zero-order valence-electron chi connectivity index (χ0n) is 20.6. The van der Waals surface area contributed by atoms with E-state index in [1.807, 2.05) is 0 Å². The van der Waals surface area contributed by atoms with Crippen LogP contribution in [-0.2, 0) is 19.7 Å². The minimum Gasteiger partial charge on any atom is -0.381 e. The molecular formula is C23H38N6O4S2. The van der Waals surface area contributed by atoms with E-state index in [1.165, 1.54) is 0 Å². The lowest BCUT2D eigenvalue weighted by Gasteiger charge is -2.44. The fraction of sp³-hybridized carbons (Fsp3) is 0.913. The monoisotopic (exact) mass is 526 g/mol. The van der Waals surface area contributed by atoms with E-state index in [-0.39, 0.29) is 52.5 Å². The summed E-state index contributed by atoms with van der Waals surface area (Å²) in [6.45, 7) is 4.93. The summed E-state index contributed by atoms with van der Waals surface area (Å²) >= 11 is 1.62. The Labute approximate surface area is 213 Å². The van der Waals surface area contributed by atoms with Gasteiger partial charge in [-0.1, -0.05) is 0 Å². The number of ether oxygens (including phenoxy) is 1. The number of hydrogen-bond donors (Lipinski definition) is 3. The number of fused-ring (bicyclic) bond motifs is 1. The van der Waals surface area contributed by atoms with Crippen molar-refractivity contribution in [2.24, 2.45) is 23.7 Å². The van der Waals surface area contributed by atoms with Gasteiger partial charge in [0.2, 0.25) is 5.91 Å². The molecule has 5 fully saturated rings. The summed E-state index contributed by atoms with van der Waals surface area (Å²) in [4.78, 5) is 13.5. The predicted octanol–water partition coefficient (Wildman–Crippen LogP) is 0.295. The highest BCUT2D eigenvalue weighted by Gasteiger charge is 2.49. The highest BCUT2D eigenvalue weighted by atomic mass is 32.2. The van der Waals surface area contributed by atoms with Crippen molar-refractivity contribution in [3.05, 3.63) is 0 Å². The third kappa shape index (κ3) is 5.10. The second kappa shape index (κ2) is 10.4. The van der Waals surface area contributed by atoms with Gasteiger partial charge in [-0.2, -0.15) is 22.3 Å². The topological polar surface area (TPSA) is 127 Å². The minimum absolute atomic E-state index is 0.0263. The lowest BCUT2D eigenvalue weighted by Crippen LogP contribution is -2.56. The number of methoxy groups -OCH3 is 1. The van der Waals surface area contributed by atoms with Gasteiger partial charge in [0.05, 0.1) is 18.1 Å². The van der Waals surface area contributed by atoms with Crippen LogP contribution in [0, 0.1) is 35.0 Å². The fourth-order valence-electron chi connectivity index (χ4n) is 6.56. The summed E-state index contributed by atoms with van der Waals surface area (Å²) in [5.41, 5.74) is -0.220. The molecule has 9 atom stereocenters. The van der Waals surface area contributed by atoms with Crippen molar-refractivity contribution in [1.82, 2.24) is 24.6 Å². The van der Waals surface area contributed by atoms with E-state index in [0.717, 1.165) is 32.1 Å². The van der Waals surface area contributed by atoms with E-state index in [9.17, 15) is 18.5 Å². The summed E-state index contributed by atoms with van der Waals surface area (Å²) in [6, 6.07) is 2.81. The third-order valence-corrected chi connectivity index (χ3v) is 12.0. The molecule has 12 heteroatoms. The van der Waals surface area contributed by atoms with Crippen LogP contribution < -0.4 is 16.0 Å². The van der Waals surface area contributed by atoms with Crippen molar-refractivity contribution in [3.8, 4) is 6.07 Å². The Bertz CT molecular complexity index is 927. The summed E-state index contributed by atoms with van der Waals surface area (Å²) < 4.78 is 34.4. The fourth-order valence-corrected chi connectivity index (χ4v) is 9.81. The number of nitriles is 1. The van der Waals surface area contributed by atoms with Crippen LogP contribution in [-0.4, -0.2) is 91.7 Å². The van der Waals surface area contributed by atoms with Crippen molar-refractivity contribution in [2.45, 2.75) is 68.0 Å². The molecule has 3 N–H and O–H groups in total. The van der Waals surface area contributed by atoms with Crippen LogP contribution in [0.4, 0.5) is 0 Å². The van der Waals surface area contributed by atoms with Crippen LogP contribution >= 0.6 is 11.8 Å². The van der Waals surface area contributed by atoms with Gasteiger partial charge >= 0.3 is 0 Å². The molecule has 10 nitrogen and oxygen atoms in total. The zero-order valence-corrected chi connectivity index (χ0v) is 22.2. The maximum atomic E-state index is 13.5. The van der Waals surface area contributed by atoms with E-state index in [4.69, 9.17) is 4.74 Å². The number of amides is 1. The van der Waals surface area contributed by atoms with Gasteiger partial charge in [-0.05, 0) is 50.9 Å². The van der Waals surface area contributed by atoms with Gasteiger partial charge in [0, 0.05) is 63.1 Å². The molecule has 5 aliphatic rings. The second-order valence-electron chi connectivity index (χ2n) is 10.8. The molecule has 1 amide bonds. The Morgan fingerprint density at radius 3 is 2.63 bits per heavy atom. The molecule has 1 saturated carbocycles. The summed E-state index contributed by atoms with van der Waals surface area (Å²) in [6.07, 6.45) is 4.42. The van der Waals surface area contributed by atoms with Crippen molar-refractivity contribution < 1.29 is 17.9 Å². The molecule has 0 spiro atoms. The number of rotatable bonds is 6. The first-order valence-electron chi connectivity index (χ1n) is 12.9. The maximum Gasteiger partial charge on any atom is 0.282 e. The van der Waals surface area contributed by atoms with Gasteiger partial charge in [-0.3, -0.25) is 10.1 Å². The van der Waals surface area contributed by atoms with Gasteiger partial charge in [-0.15, -0.1) is 11.8 Å². The predicted molar refractivity (Wildman–Crippen MR) is 133 cm³/mol. The molecule has 0 radical (unpaired) electrons. The molecule has 1 aliphatic carbocycles. The number of carbonyl (C=O) groups excluding carboxylic acids is 1. The van der Waals surface area contributed by atoms with Gasteiger partial charge in [0.15, 0.2) is 0 Å². The van der Waals surface area contributed by atoms with E-state index in [1.54, 1.807) is 27.5 Å². The van der Waals surface area contributed by atoms with E-state index >= 15 is 0 Å². The van der Waals surface area contributed by atoms with Crippen LogP contribution in [0.3, 0.4) is 0 Å². The largest absolute Gasteiger partial charge is 0.381 e. The van der Waals surface area contributed by atoms with E-state index in [2.05, 4.69) is 28.9 Å². The molecule has 0 aromatic rings. The van der Waals surface area contributed by atoms with Gasteiger partial charge in [-0.25, -0.2) is 0 Å². The normalized spacial score (nSPS) is 42.7. The number of carbonyl (C=O) groups is 1. The number of piperidine rings is 1. The number of nitrogens with one attached hydrogen (secondary N) is 3. The first kappa shape index (κ1) is 25.7.